The van der Waals surface area contributed by atoms with Crippen molar-refractivity contribution < 1.29 is 18.4 Å². The maximum absolute atomic E-state index is 14.3. The number of aliphatic imine (C=N–C) groups is 1. The van der Waals surface area contributed by atoms with Crippen LogP contribution in [0.15, 0.2) is 47.5 Å². The molecule has 0 saturated heterocycles. The molecule has 2 heterocycles. The normalized spacial score (nSPS) is 21.3. The fraction of sp³-hybridized carbons (Fsp3) is 0.500. The number of aromatic amines is 1. The van der Waals surface area contributed by atoms with Crippen LogP contribution in [0.25, 0.3) is 0 Å². The van der Waals surface area contributed by atoms with E-state index in [2.05, 4.69) is 53.6 Å². The van der Waals surface area contributed by atoms with E-state index < -0.39 is 17.3 Å². The molecule has 1 fully saturated rings. The summed E-state index contributed by atoms with van der Waals surface area (Å²) in [5.41, 5.74) is 0.947. The predicted octanol–water partition coefficient (Wildman–Crippen LogP) is 5.90. The number of nitrogens with zero attached hydrogens (tertiary/aromatic N) is 5. The largest absolute Gasteiger partial charge is 0.345 e. The number of halogens is 2. The molecule has 1 aliphatic carbocycles. The van der Waals surface area contributed by atoms with Crippen LogP contribution in [0.1, 0.15) is 106 Å². The molecule has 0 radical (unpaired) electrons. The van der Waals surface area contributed by atoms with Crippen molar-refractivity contribution in [3.8, 4) is 0 Å². The number of aromatic nitrogens is 4. The fourth-order valence-corrected chi connectivity index (χ4v) is 6.52. The van der Waals surface area contributed by atoms with Gasteiger partial charge in [0.05, 0.1) is 12.6 Å². The van der Waals surface area contributed by atoms with E-state index in [0.29, 0.717) is 36.6 Å². The topological polar surface area (TPSA) is 116 Å². The van der Waals surface area contributed by atoms with Crippen molar-refractivity contribution in [1.82, 2.24) is 30.8 Å². The number of rotatable bonds is 10. The summed E-state index contributed by atoms with van der Waals surface area (Å²) in [7, 11) is 0. The fourth-order valence-electron chi connectivity index (χ4n) is 6.52. The lowest BCUT2D eigenvalue weighted by molar-refractivity contribution is -0.133. The summed E-state index contributed by atoms with van der Waals surface area (Å²) >= 11 is 0. The molecule has 1 spiro atoms. The Bertz CT molecular complexity index is 1460. The van der Waals surface area contributed by atoms with Crippen molar-refractivity contribution in [2.75, 3.05) is 0 Å². The highest BCUT2D eigenvalue weighted by molar-refractivity contribution is 6.46. The highest BCUT2D eigenvalue weighted by Gasteiger charge is 2.52. The minimum Gasteiger partial charge on any atom is -0.345 e. The first kappa shape index (κ1) is 30.4. The number of amides is 2. The van der Waals surface area contributed by atoms with Gasteiger partial charge in [-0.05, 0) is 73.3 Å². The first-order valence-electron chi connectivity index (χ1n) is 15.1. The Kier molecular flexibility index (Phi) is 8.71. The van der Waals surface area contributed by atoms with E-state index in [1.807, 2.05) is 17.0 Å². The van der Waals surface area contributed by atoms with Crippen LogP contribution in [-0.4, -0.2) is 48.7 Å². The van der Waals surface area contributed by atoms with Gasteiger partial charge in [0.2, 0.25) is 0 Å². The van der Waals surface area contributed by atoms with E-state index in [1.165, 1.54) is 12.1 Å². The zero-order valence-electron chi connectivity index (χ0n) is 25.2. The van der Waals surface area contributed by atoms with E-state index in [1.54, 1.807) is 12.1 Å². The molecule has 228 valence electrons. The standard InChI is InChI=1S/C32H39F2N7O2/c1-5-7-26(20-8-10-21(11-9-20)29(42)35-19-27-37-39-40-38-27)41-30(43)28(22-16-24(33)18-25(34)17-22)36-32(41)14-12-23(13-15-32)31(3,4)6-2/h8-11,16-18,23,26H,5-7,12-15,19H2,1-4H3,(H,35,42)(H,37,38,39,40)/t23?,26-,32?/m1/s1. The van der Waals surface area contributed by atoms with Gasteiger partial charge in [-0.15, -0.1) is 10.2 Å². The molecule has 0 unspecified atom stereocenters. The van der Waals surface area contributed by atoms with Gasteiger partial charge in [0.25, 0.3) is 11.8 Å². The van der Waals surface area contributed by atoms with Gasteiger partial charge in [-0.25, -0.2) is 8.78 Å². The van der Waals surface area contributed by atoms with Crippen LogP contribution in [0.2, 0.25) is 0 Å². The molecule has 5 rings (SSSR count). The molecule has 1 saturated carbocycles. The molecular formula is C32H39F2N7O2. The minimum absolute atomic E-state index is 0.102. The second-order valence-electron chi connectivity index (χ2n) is 12.3. The van der Waals surface area contributed by atoms with Gasteiger partial charge in [-0.2, -0.15) is 5.21 Å². The molecule has 2 N–H and O–H groups in total. The van der Waals surface area contributed by atoms with Gasteiger partial charge in [-0.1, -0.05) is 57.9 Å². The van der Waals surface area contributed by atoms with Crippen molar-refractivity contribution in [3.63, 3.8) is 0 Å². The van der Waals surface area contributed by atoms with Crippen LogP contribution in [0.3, 0.4) is 0 Å². The second kappa shape index (κ2) is 12.3. The molecule has 0 bridgehead atoms. The zero-order valence-corrected chi connectivity index (χ0v) is 25.2. The average Bonchev–Trinajstić information content (AvgIpc) is 3.61. The second-order valence-corrected chi connectivity index (χ2v) is 12.3. The molecule has 43 heavy (non-hydrogen) atoms. The van der Waals surface area contributed by atoms with Crippen molar-refractivity contribution in [1.29, 1.82) is 0 Å². The van der Waals surface area contributed by atoms with Crippen LogP contribution >= 0.6 is 0 Å². The molecule has 3 aromatic rings. The summed E-state index contributed by atoms with van der Waals surface area (Å²) in [6.45, 7) is 8.98. The molecule has 2 amide bonds. The smallest absolute Gasteiger partial charge is 0.275 e. The Morgan fingerprint density at radius 2 is 1.79 bits per heavy atom. The number of hydrogen-bond donors (Lipinski definition) is 2. The van der Waals surface area contributed by atoms with Crippen LogP contribution in [0.4, 0.5) is 8.78 Å². The Hall–Kier alpha value is -4.02. The SMILES string of the molecule is CCC[C@H](c1ccc(C(=O)NCc2nn[nH]n2)cc1)N1C(=O)C(c2cc(F)cc(F)c2)=NC12CCC(C(C)(C)CC)CC2. The Morgan fingerprint density at radius 3 is 2.37 bits per heavy atom. The van der Waals surface area contributed by atoms with E-state index in [9.17, 15) is 18.4 Å². The van der Waals surface area contributed by atoms with Crippen LogP contribution in [0.5, 0.6) is 0 Å². The summed E-state index contributed by atoms with van der Waals surface area (Å²) < 4.78 is 28.6. The highest BCUT2D eigenvalue weighted by Crippen LogP contribution is 2.50. The third-order valence-electron chi connectivity index (χ3n) is 9.36. The summed E-state index contributed by atoms with van der Waals surface area (Å²) in [4.78, 5) is 33.9. The number of tetrazole rings is 1. The van der Waals surface area contributed by atoms with Gasteiger partial charge >= 0.3 is 0 Å². The average molecular weight is 592 g/mol. The third kappa shape index (κ3) is 6.21. The van der Waals surface area contributed by atoms with Crippen molar-refractivity contribution >= 4 is 17.5 Å². The van der Waals surface area contributed by atoms with Gasteiger partial charge in [0, 0.05) is 17.2 Å². The number of nitrogens with one attached hydrogen (secondary N) is 2. The van der Waals surface area contributed by atoms with Crippen molar-refractivity contribution in [2.24, 2.45) is 16.3 Å². The maximum atomic E-state index is 14.3. The summed E-state index contributed by atoms with van der Waals surface area (Å²) in [5.74, 6) is -1.24. The number of hydrogen-bond acceptors (Lipinski definition) is 6. The zero-order chi connectivity index (χ0) is 30.8. The van der Waals surface area contributed by atoms with Crippen LogP contribution < -0.4 is 5.32 Å². The first-order valence-corrected chi connectivity index (χ1v) is 15.1. The van der Waals surface area contributed by atoms with E-state index >= 15 is 0 Å². The monoisotopic (exact) mass is 591 g/mol. The van der Waals surface area contributed by atoms with Crippen LogP contribution in [-0.2, 0) is 11.3 Å². The number of H-pyrrole nitrogens is 1. The summed E-state index contributed by atoms with van der Waals surface area (Å²) in [5, 5.41) is 16.3. The Morgan fingerprint density at radius 1 is 1.12 bits per heavy atom. The van der Waals surface area contributed by atoms with E-state index in [4.69, 9.17) is 4.99 Å². The van der Waals surface area contributed by atoms with Crippen LogP contribution in [0, 0.1) is 23.0 Å². The molecule has 9 nitrogen and oxygen atoms in total. The minimum atomic E-state index is -0.810. The molecule has 1 aromatic heterocycles. The molecule has 1 atom stereocenters. The van der Waals surface area contributed by atoms with E-state index in [-0.39, 0.29) is 41.1 Å². The van der Waals surface area contributed by atoms with Gasteiger partial charge in [0.15, 0.2) is 5.82 Å². The molecular weight excluding hydrogens is 552 g/mol. The summed E-state index contributed by atoms with van der Waals surface area (Å²) in [6.07, 6.45) is 5.66. The van der Waals surface area contributed by atoms with Crippen molar-refractivity contribution in [3.05, 3.63) is 76.6 Å². The van der Waals surface area contributed by atoms with Gasteiger partial charge in [0.1, 0.15) is 23.0 Å². The quantitative estimate of drug-likeness (QED) is 0.304. The van der Waals surface area contributed by atoms with Crippen molar-refractivity contribution in [2.45, 2.75) is 90.9 Å². The Labute approximate surface area is 250 Å². The number of carbonyl (C=O) groups is 2. The molecule has 11 heteroatoms. The summed E-state index contributed by atoms with van der Waals surface area (Å²) in [6, 6.07) is 10.0. The molecule has 1 aliphatic heterocycles. The third-order valence-corrected chi connectivity index (χ3v) is 9.36. The molecule has 2 aliphatic rings. The maximum Gasteiger partial charge on any atom is 0.275 e. The Balaban J connectivity index is 1.47. The highest BCUT2D eigenvalue weighted by atomic mass is 19.1. The number of carbonyl (C=O) groups excluding carboxylic acids is 2. The lowest BCUT2D eigenvalue weighted by Gasteiger charge is -2.48. The predicted molar refractivity (Wildman–Crippen MR) is 158 cm³/mol. The van der Waals surface area contributed by atoms with Gasteiger partial charge < -0.3 is 10.2 Å². The van der Waals surface area contributed by atoms with E-state index in [0.717, 1.165) is 37.3 Å². The molecule has 2 aromatic carbocycles. The number of benzene rings is 2. The lowest BCUT2D eigenvalue weighted by Crippen LogP contribution is -2.51. The van der Waals surface area contributed by atoms with Gasteiger partial charge in [-0.3, -0.25) is 14.6 Å². The lowest BCUT2D eigenvalue weighted by atomic mass is 9.67. The first-order chi connectivity index (χ1) is 20.6.